The summed E-state index contributed by atoms with van der Waals surface area (Å²) in [6.45, 7) is 5.56. The van der Waals surface area contributed by atoms with Gasteiger partial charge in [-0.05, 0) is 65.9 Å². The zero-order valence-electron chi connectivity index (χ0n) is 24.4. The minimum Gasteiger partial charge on any atom is -0.476 e. The molecule has 2 N–H and O–H groups in total. The number of carbonyl (C=O) groups is 2. The molecule has 12 nitrogen and oxygen atoms in total. The monoisotopic (exact) mass is 620 g/mol. The summed E-state index contributed by atoms with van der Waals surface area (Å²) in [5.74, 6) is 0.0164. The van der Waals surface area contributed by atoms with Crippen molar-refractivity contribution in [1.82, 2.24) is 14.4 Å². The predicted octanol–water partition coefficient (Wildman–Crippen LogP) is 4.51. The first-order valence-corrected chi connectivity index (χ1v) is 15.4. The molecule has 0 spiro atoms. The Kier molecular flexibility index (Phi) is 8.86. The largest absolute Gasteiger partial charge is 0.476 e. The van der Waals surface area contributed by atoms with Crippen LogP contribution in [0.4, 0.5) is 0 Å². The van der Waals surface area contributed by atoms with Gasteiger partial charge in [0.2, 0.25) is 19.3 Å². The Balaban J connectivity index is 1.48. The number of rotatable bonds is 12. The maximum absolute atomic E-state index is 13.9. The zero-order chi connectivity index (χ0) is 31.4. The average molecular weight is 621 g/mol. The molecular formula is C31H32N4O8S. The molecule has 2 amide bonds. The summed E-state index contributed by atoms with van der Waals surface area (Å²) in [6.07, 6.45) is 1.04. The quantitative estimate of drug-likeness (QED) is 0.238. The number of carbonyl (C=O) groups excluding carboxylic acids is 2. The van der Waals surface area contributed by atoms with Crippen LogP contribution >= 0.6 is 0 Å². The number of amides is 2. The van der Waals surface area contributed by atoms with Crippen LogP contribution in [0.5, 0.6) is 17.2 Å². The highest BCUT2D eigenvalue weighted by molar-refractivity contribution is 7.89. The van der Waals surface area contributed by atoms with Crippen LogP contribution in [0, 0.1) is 0 Å². The number of hydrogen-bond acceptors (Lipinski definition) is 10. The second-order valence-corrected chi connectivity index (χ2v) is 12.3. The molecule has 1 aliphatic rings. The lowest BCUT2D eigenvalue weighted by Gasteiger charge is -2.23. The molecule has 2 heterocycles. The lowest BCUT2D eigenvalue weighted by Crippen LogP contribution is -2.37. The minimum atomic E-state index is -4.33. The topological polar surface area (TPSA) is 164 Å². The highest BCUT2D eigenvalue weighted by Crippen LogP contribution is 2.36. The number of primary amides is 1. The third-order valence-electron chi connectivity index (χ3n) is 7.08. The van der Waals surface area contributed by atoms with Gasteiger partial charge in [-0.3, -0.25) is 9.59 Å². The van der Waals surface area contributed by atoms with Crippen LogP contribution in [-0.2, 0) is 27.8 Å². The van der Waals surface area contributed by atoms with E-state index in [-0.39, 0.29) is 29.0 Å². The Morgan fingerprint density at radius 3 is 2.39 bits per heavy atom. The Hall–Kier alpha value is -4.91. The van der Waals surface area contributed by atoms with Crippen LogP contribution < -0.4 is 19.9 Å². The molecule has 1 aromatic heterocycles. The smallest absolute Gasteiger partial charge is 0.268 e. The number of aromatic nitrogens is 2. The van der Waals surface area contributed by atoms with Gasteiger partial charge in [0, 0.05) is 11.1 Å². The maximum atomic E-state index is 13.9. The summed E-state index contributed by atoms with van der Waals surface area (Å²) in [6, 6.07) is 15.9. The number of aryl methyl sites for hydroxylation is 1. The van der Waals surface area contributed by atoms with Crippen LogP contribution in [0.25, 0.3) is 0 Å². The molecule has 230 valence electrons. The van der Waals surface area contributed by atoms with E-state index in [4.69, 9.17) is 24.5 Å². The molecule has 0 fully saturated rings. The average Bonchev–Trinajstić information content (AvgIpc) is 3.70. The van der Waals surface area contributed by atoms with E-state index in [0.29, 0.717) is 45.5 Å². The Morgan fingerprint density at radius 2 is 1.73 bits per heavy atom. The molecule has 13 heteroatoms. The summed E-state index contributed by atoms with van der Waals surface area (Å²) >= 11 is 0. The van der Waals surface area contributed by atoms with Gasteiger partial charge in [0.05, 0.1) is 4.90 Å². The van der Waals surface area contributed by atoms with E-state index in [1.165, 1.54) is 24.3 Å². The second kappa shape index (κ2) is 12.8. The predicted molar refractivity (Wildman–Crippen MR) is 157 cm³/mol. The van der Waals surface area contributed by atoms with E-state index in [0.717, 1.165) is 12.0 Å². The highest BCUT2D eigenvalue weighted by atomic mass is 32.2. The van der Waals surface area contributed by atoms with Crippen molar-refractivity contribution in [2.45, 2.75) is 57.1 Å². The van der Waals surface area contributed by atoms with Crippen LogP contribution in [-0.4, -0.2) is 41.5 Å². The van der Waals surface area contributed by atoms with Crippen molar-refractivity contribution in [3.63, 3.8) is 0 Å². The second-order valence-electron chi connectivity index (χ2n) is 10.5. The Morgan fingerprint density at radius 1 is 1.00 bits per heavy atom. The Labute approximate surface area is 254 Å². The van der Waals surface area contributed by atoms with Gasteiger partial charge in [-0.15, -0.1) is 0 Å². The van der Waals surface area contributed by atoms with Crippen LogP contribution in [0.1, 0.15) is 72.1 Å². The molecule has 1 atom stereocenters. The fraction of sp³-hybridized carbons (Fsp3) is 0.290. The van der Waals surface area contributed by atoms with Gasteiger partial charge in [0.15, 0.2) is 17.3 Å². The summed E-state index contributed by atoms with van der Waals surface area (Å²) in [5.41, 5.74) is 7.81. The molecule has 44 heavy (non-hydrogen) atoms. The van der Waals surface area contributed by atoms with E-state index in [9.17, 15) is 18.0 Å². The number of nitrogens with two attached hydrogens (primary N) is 1. The van der Waals surface area contributed by atoms with Crippen LogP contribution in [0.3, 0.4) is 0 Å². The fourth-order valence-electron chi connectivity index (χ4n) is 4.74. The van der Waals surface area contributed by atoms with Crippen molar-refractivity contribution in [1.29, 1.82) is 0 Å². The number of sulfonamides is 1. The summed E-state index contributed by atoms with van der Waals surface area (Å²) in [4.78, 5) is 30.3. The van der Waals surface area contributed by atoms with Gasteiger partial charge in [-0.2, -0.15) is 4.98 Å². The molecule has 4 aromatic rings. The van der Waals surface area contributed by atoms with E-state index < -0.39 is 34.5 Å². The van der Waals surface area contributed by atoms with E-state index in [1.807, 2.05) is 20.8 Å². The SMILES string of the molecule is CCCc1cc(C(=O)N(Cc2ncon2)S(=O)(=O)c2ccc(C(C)C)cc2)ccc1OC(C(N)=O)c1ccc2c(c1)OCO2. The number of ether oxygens (including phenoxy) is 3. The molecule has 0 radical (unpaired) electrons. The van der Waals surface area contributed by atoms with Crippen molar-refractivity contribution in [2.75, 3.05) is 6.79 Å². The molecule has 3 aromatic carbocycles. The third-order valence-corrected chi connectivity index (χ3v) is 8.83. The standard InChI is InChI=1S/C31H32N4O8S/c1-4-5-21-14-23(9-12-25(21)43-29(30(32)36)22-8-13-26-27(15-22)41-18-40-26)31(37)35(16-28-33-17-42-34-28)44(38,39)24-10-6-20(7-11-24)19(2)3/h6-15,17,19,29H,4-5,16,18H2,1-3H3,(H2,32,36). The molecule has 5 rings (SSSR count). The van der Waals surface area contributed by atoms with Gasteiger partial charge in [0.25, 0.3) is 21.8 Å². The molecule has 0 aliphatic carbocycles. The van der Waals surface area contributed by atoms with Crippen molar-refractivity contribution in [3.8, 4) is 17.2 Å². The van der Waals surface area contributed by atoms with Gasteiger partial charge < -0.3 is 24.5 Å². The number of benzene rings is 3. The van der Waals surface area contributed by atoms with Crippen LogP contribution in [0.2, 0.25) is 0 Å². The zero-order valence-corrected chi connectivity index (χ0v) is 25.2. The summed E-state index contributed by atoms with van der Waals surface area (Å²) < 4.78 is 50.0. The first kappa shape index (κ1) is 30.5. The van der Waals surface area contributed by atoms with Gasteiger partial charge in [-0.1, -0.05) is 50.5 Å². The van der Waals surface area contributed by atoms with Crippen molar-refractivity contribution >= 4 is 21.8 Å². The first-order valence-electron chi connectivity index (χ1n) is 14.0. The van der Waals surface area contributed by atoms with Gasteiger partial charge >= 0.3 is 0 Å². The molecule has 1 unspecified atom stereocenters. The molecule has 0 saturated carbocycles. The number of nitrogens with zero attached hydrogens (tertiary/aromatic N) is 3. The van der Waals surface area contributed by atoms with Crippen molar-refractivity contribution in [2.24, 2.45) is 5.73 Å². The fourth-order valence-corrected chi connectivity index (χ4v) is 6.08. The van der Waals surface area contributed by atoms with Crippen molar-refractivity contribution in [3.05, 3.63) is 95.1 Å². The van der Waals surface area contributed by atoms with Crippen LogP contribution in [0.15, 0.2) is 76.5 Å². The summed E-state index contributed by atoms with van der Waals surface area (Å²) in [7, 11) is -4.33. The minimum absolute atomic E-state index is 0.0162. The third kappa shape index (κ3) is 6.37. The highest BCUT2D eigenvalue weighted by Gasteiger charge is 2.32. The van der Waals surface area contributed by atoms with E-state index >= 15 is 0 Å². The number of fused-ring (bicyclic) bond motifs is 1. The maximum Gasteiger partial charge on any atom is 0.268 e. The van der Waals surface area contributed by atoms with E-state index in [1.54, 1.807) is 36.4 Å². The van der Waals surface area contributed by atoms with Gasteiger partial charge in [0.1, 0.15) is 12.3 Å². The molecular weight excluding hydrogens is 588 g/mol. The van der Waals surface area contributed by atoms with Gasteiger partial charge in [-0.25, -0.2) is 12.7 Å². The van der Waals surface area contributed by atoms with Crippen molar-refractivity contribution < 1.29 is 36.7 Å². The summed E-state index contributed by atoms with van der Waals surface area (Å²) in [5, 5.41) is 3.71. The molecule has 1 aliphatic heterocycles. The molecule has 0 bridgehead atoms. The first-order chi connectivity index (χ1) is 21.1. The lowest BCUT2D eigenvalue weighted by atomic mass is 10.0. The Bertz CT molecular complexity index is 1760. The van der Waals surface area contributed by atoms with E-state index in [2.05, 4.69) is 10.1 Å². The lowest BCUT2D eigenvalue weighted by molar-refractivity contribution is -0.125. The normalized spacial score (nSPS) is 13.1. The number of hydrogen-bond donors (Lipinski definition) is 1. The molecule has 0 saturated heterocycles.